The summed E-state index contributed by atoms with van der Waals surface area (Å²) in [7, 11) is 0. The smallest absolute Gasteiger partial charge is 0.0726 e. The molecule has 0 fully saturated rings. The maximum absolute atomic E-state index is 11.2. The van der Waals surface area contributed by atoms with Crippen LogP contribution in [0.4, 0.5) is 0 Å². The third kappa shape index (κ3) is 5.79. The lowest BCUT2D eigenvalue weighted by Gasteiger charge is -2.18. The Morgan fingerprint density at radius 2 is 1.29 bits per heavy atom. The summed E-state index contributed by atoms with van der Waals surface area (Å²) in [5.74, 6) is -1.76. The number of carbonyl (C=O) groups excluding carboxylic acids is 1. The monoisotopic (exact) mass is 285 g/mol. The van der Waals surface area contributed by atoms with Crippen LogP contribution in [0.15, 0.2) is 60.7 Å². The highest BCUT2D eigenvalue weighted by Crippen LogP contribution is 2.23. The molecule has 2 aromatic rings. The molecule has 0 spiro atoms. The number of aliphatic carboxylic acids is 1. The van der Waals surface area contributed by atoms with E-state index in [1.807, 2.05) is 36.4 Å². The van der Waals surface area contributed by atoms with Crippen LogP contribution in [0.2, 0.25) is 0 Å². The molecule has 3 heteroatoms. The number of benzene rings is 2. The van der Waals surface area contributed by atoms with Crippen molar-refractivity contribution >= 4 is 5.97 Å². The van der Waals surface area contributed by atoms with Crippen molar-refractivity contribution in [2.24, 2.45) is 0 Å². The predicted octanol–water partition coefficient (Wildman–Crippen LogP) is 1.16. The molecule has 21 heavy (non-hydrogen) atoms. The maximum atomic E-state index is 11.2. The second-order valence-corrected chi connectivity index (χ2v) is 4.68. The van der Waals surface area contributed by atoms with Gasteiger partial charge in [-0.3, -0.25) is 0 Å². The minimum Gasteiger partial charge on any atom is -0.549 e. The zero-order valence-electron chi connectivity index (χ0n) is 12.7. The van der Waals surface area contributed by atoms with Crippen molar-refractivity contribution in [2.75, 3.05) is 13.1 Å². The third-order valence-corrected chi connectivity index (χ3v) is 3.08. The van der Waals surface area contributed by atoms with Gasteiger partial charge in [-0.25, -0.2) is 0 Å². The zero-order valence-corrected chi connectivity index (χ0v) is 12.7. The molecule has 2 N–H and O–H groups in total. The molecule has 0 atom stereocenters. The van der Waals surface area contributed by atoms with Crippen LogP contribution in [0.1, 0.15) is 30.9 Å². The maximum Gasteiger partial charge on any atom is 0.0726 e. The van der Waals surface area contributed by atoms with Crippen LogP contribution in [-0.2, 0) is 4.79 Å². The molecule has 0 aliphatic rings. The average molecular weight is 285 g/mol. The van der Waals surface area contributed by atoms with Gasteiger partial charge in [0.05, 0.1) is 19.1 Å². The number of nitrogens with two attached hydrogens (primary N) is 1. The first-order chi connectivity index (χ1) is 10.2. The molecule has 2 aromatic carbocycles. The van der Waals surface area contributed by atoms with E-state index >= 15 is 0 Å². The van der Waals surface area contributed by atoms with Gasteiger partial charge in [-0.1, -0.05) is 60.7 Å². The zero-order chi connectivity index (χ0) is 15.5. The Bertz CT molecular complexity index is 470. The van der Waals surface area contributed by atoms with Crippen LogP contribution in [0.25, 0.3) is 0 Å². The summed E-state index contributed by atoms with van der Waals surface area (Å²) in [6.07, 6.45) is 0. The Balaban J connectivity index is 0.000000383. The van der Waals surface area contributed by atoms with E-state index in [9.17, 15) is 9.90 Å². The molecule has 0 bridgehead atoms. The number of carboxylic acids is 1. The molecule has 0 aliphatic carbocycles. The van der Waals surface area contributed by atoms with Crippen molar-refractivity contribution < 1.29 is 15.2 Å². The summed E-state index contributed by atoms with van der Waals surface area (Å²) in [6.45, 7) is 6.75. The predicted molar refractivity (Wildman–Crippen MR) is 82.7 cm³/mol. The Morgan fingerprint density at radius 3 is 1.52 bits per heavy atom. The number of hydrogen-bond acceptors (Lipinski definition) is 2. The minimum atomic E-state index is -1.07. The number of rotatable bonds is 5. The first-order valence-corrected chi connectivity index (χ1v) is 7.33. The van der Waals surface area contributed by atoms with Crippen LogP contribution in [0.3, 0.4) is 0 Å². The second kappa shape index (κ2) is 9.72. The van der Waals surface area contributed by atoms with E-state index in [1.165, 1.54) is 13.1 Å². The average Bonchev–Trinajstić information content (AvgIpc) is 2.51. The van der Waals surface area contributed by atoms with Crippen molar-refractivity contribution in [3.63, 3.8) is 0 Å². The van der Waals surface area contributed by atoms with Gasteiger partial charge in [0.2, 0.25) is 0 Å². The molecule has 0 saturated carbocycles. The number of carbonyl (C=O) groups is 1. The highest BCUT2D eigenvalue weighted by molar-refractivity contribution is 5.78. The molecule has 2 rings (SSSR count). The lowest BCUT2D eigenvalue weighted by Crippen LogP contribution is -2.82. The van der Waals surface area contributed by atoms with E-state index in [2.05, 4.69) is 19.2 Å². The molecule has 0 aromatic heterocycles. The molecule has 0 aliphatic heterocycles. The lowest BCUT2D eigenvalue weighted by molar-refractivity contribution is -0.648. The van der Waals surface area contributed by atoms with E-state index < -0.39 is 11.9 Å². The normalized spacial score (nSPS) is 9.86. The van der Waals surface area contributed by atoms with E-state index in [-0.39, 0.29) is 0 Å². The van der Waals surface area contributed by atoms with E-state index in [1.54, 1.807) is 24.3 Å². The Morgan fingerprint density at radius 1 is 0.905 bits per heavy atom. The molecule has 0 heterocycles. The molecule has 0 unspecified atom stereocenters. The van der Waals surface area contributed by atoms with Gasteiger partial charge in [0.25, 0.3) is 0 Å². The van der Waals surface area contributed by atoms with Crippen molar-refractivity contribution in [2.45, 2.75) is 19.8 Å². The quantitative estimate of drug-likeness (QED) is 0.896. The lowest BCUT2D eigenvalue weighted by atomic mass is 9.92. The van der Waals surface area contributed by atoms with Gasteiger partial charge in [-0.05, 0) is 25.0 Å². The Kier molecular flexibility index (Phi) is 7.84. The Hall–Kier alpha value is -2.13. The summed E-state index contributed by atoms with van der Waals surface area (Å²) in [5, 5.41) is 13.4. The highest BCUT2D eigenvalue weighted by atomic mass is 16.4. The summed E-state index contributed by atoms with van der Waals surface area (Å²) in [5.41, 5.74) is 1.49. The summed E-state index contributed by atoms with van der Waals surface area (Å²) in [4.78, 5) is 11.2. The van der Waals surface area contributed by atoms with Gasteiger partial charge in [-0.15, -0.1) is 0 Å². The number of carboxylic acid groups (broad SMARTS) is 1. The standard InChI is InChI=1S/C14H12O2.C4H11N/c15-14(16)13(11-7-3-1-4-8-11)12-9-5-2-6-10-12;1-3-5-4-2/h1-10,13H,(H,15,16);5H,3-4H2,1-2H3. The SMILES string of the molecule is CC[NH2+]CC.O=C([O-])C(c1ccccc1)c1ccccc1. The third-order valence-electron chi connectivity index (χ3n) is 3.08. The van der Waals surface area contributed by atoms with Crippen LogP contribution in [0.5, 0.6) is 0 Å². The summed E-state index contributed by atoms with van der Waals surface area (Å²) < 4.78 is 0. The van der Waals surface area contributed by atoms with Crippen molar-refractivity contribution in [1.82, 2.24) is 0 Å². The van der Waals surface area contributed by atoms with Crippen LogP contribution >= 0.6 is 0 Å². The van der Waals surface area contributed by atoms with Gasteiger partial charge in [-0.2, -0.15) is 0 Å². The summed E-state index contributed by atoms with van der Waals surface area (Å²) in [6, 6.07) is 18.2. The van der Waals surface area contributed by atoms with Crippen molar-refractivity contribution in [1.29, 1.82) is 0 Å². The molecule has 0 radical (unpaired) electrons. The fourth-order valence-corrected chi connectivity index (χ4v) is 2.04. The number of quaternary nitrogens is 1. The molecule has 112 valence electrons. The number of hydrogen-bond donors (Lipinski definition) is 1. The molecular weight excluding hydrogens is 262 g/mol. The van der Waals surface area contributed by atoms with E-state index in [4.69, 9.17) is 0 Å². The van der Waals surface area contributed by atoms with Gasteiger partial charge < -0.3 is 15.2 Å². The van der Waals surface area contributed by atoms with Crippen molar-refractivity contribution in [3.8, 4) is 0 Å². The highest BCUT2D eigenvalue weighted by Gasteiger charge is 2.14. The topological polar surface area (TPSA) is 56.7 Å². The van der Waals surface area contributed by atoms with Crippen molar-refractivity contribution in [3.05, 3.63) is 71.8 Å². The van der Waals surface area contributed by atoms with Crippen LogP contribution < -0.4 is 10.4 Å². The first-order valence-electron chi connectivity index (χ1n) is 7.33. The van der Waals surface area contributed by atoms with Crippen LogP contribution in [0, 0.1) is 0 Å². The minimum absolute atomic E-state index is 0.692. The molecule has 0 saturated heterocycles. The van der Waals surface area contributed by atoms with Crippen LogP contribution in [-0.4, -0.2) is 19.1 Å². The van der Waals surface area contributed by atoms with Gasteiger partial charge >= 0.3 is 0 Å². The fraction of sp³-hybridized carbons (Fsp3) is 0.278. The largest absolute Gasteiger partial charge is 0.549 e. The molecule has 3 nitrogen and oxygen atoms in total. The second-order valence-electron chi connectivity index (χ2n) is 4.68. The van der Waals surface area contributed by atoms with E-state index in [0.717, 1.165) is 11.1 Å². The molecule has 0 amide bonds. The van der Waals surface area contributed by atoms with E-state index in [0.29, 0.717) is 0 Å². The van der Waals surface area contributed by atoms with Gasteiger partial charge in [0.1, 0.15) is 0 Å². The van der Waals surface area contributed by atoms with Gasteiger partial charge in [0, 0.05) is 5.92 Å². The fourth-order valence-electron chi connectivity index (χ4n) is 2.04. The molecular formula is C18H23NO2. The Labute approximate surface area is 126 Å². The summed E-state index contributed by atoms with van der Waals surface area (Å²) >= 11 is 0. The van der Waals surface area contributed by atoms with Gasteiger partial charge in [0.15, 0.2) is 0 Å². The first kappa shape index (κ1) is 16.9.